The van der Waals surface area contributed by atoms with Crippen LogP contribution >= 0.6 is 7.82 Å². The van der Waals surface area contributed by atoms with Gasteiger partial charge in [-0.1, -0.05) is 140 Å². The average Bonchev–Trinajstić information content (AvgIpc) is 3.12. The van der Waals surface area contributed by atoms with E-state index in [0.29, 0.717) is 12.8 Å². The van der Waals surface area contributed by atoms with E-state index in [2.05, 4.69) is 54.8 Å². The summed E-state index contributed by atoms with van der Waals surface area (Å²) in [5.74, 6) is -2.43. The second kappa shape index (κ2) is 35.7. The number of carbonyl (C=O) groups is 3. The number of esters is 2. The standard InChI is InChI=1S/C40H72NO10P/c1-3-5-7-9-11-13-15-17-18-20-22-24-26-28-30-32-39(43)51-36(34-49-52(46,47)50-35-37(41)40(44)45)33-48-38(42)31-29-27-25-23-21-19-16-14-12-10-8-6-4-2/h11,13,17-18,22,24,36-37H,3-10,12,14-16,19-21,23,25-35,41H2,1-2H3,(H,44,45)(H,46,47)/b13-11+,18-17+,24-22+/t36-,37+/m1/s1. The van der Waals surface area contributed by atoms with Crippen molar-refractivity contribution in [2.45, 2.75) is 180 Å². The van der Waals surface area contributed by atoms with E-state index < -0.39 is 51.1 Å². The summed E-state index contributed by atoms with van der Waals surface area (Å²) in [6, 6.07) is -1.53. The maximum atomic E-state index is 12.6. The molecule has 3 atom stereocenters. The highest BCUT2D eigenvalue weighted by Gasteiger charge is 2.28. The van der Waals surface area contributed by atoms with Crippen LogP contribution in [0.15, 0.2) is 36.5 Å². The zero-order valence-corrected chi connectivity index (χ0v) is 33.3. The van der Waals surface area contributed by atoms with Crippen LogP contribution in [-0.4, -0.2) is 59.9 Å². The first-order valence-electron chi connectivity index (χ1n) is 20.0. The maximum absolute atomic E-state index is 12.6. The van der Waals surface area contributed by atoms with Gasteiger partial charge >= 0.3 is 25.7 Å². The molecule has 12 heteroatoms. The van der Waals surface area contributed by atoms with Crippen LogP contribution in [0.1, 0.15) is 168 Å². The topological polar surface area (TPSA) is 172 Å². The van der Waals surface area contributed by atoms with Gasteiger partial charge in [-0.25, -0.2) is 4.57 Å². The molecule has 302 valence electrons. The Hall–Kier alpha value is -2.30. The van der Waals surface area contributed by atoms with E-state index in [4.69, 9.17) is 24.8 Å². The van der Waals surface area contributed by atoms with E-state index in [9.17, 15) is 23.8 Å². The third-order valence-electron chi connectivity index (χ3n) is 8.39. The lowest BCUT2D eigenvalue weighted by Gasteiger charge is -2.20. The van der Waals surface area contributed by atoms with Crippen molar-refractivity contribution in [3.05, 3.63) is 36.5 Å². The minimum atomic E-state index is -4.72. The molecule has 0 bridgehead atoms. The fourth-order valence-electron chi connectivity index (χ4n) is 5.19. The predicted molar refractivity (Wildman–Crippen MR) is 208 cm³/mol. The number of unbranched alkanes of at least 4 members (excludes halogenated alkanes) is 17. The summed E-state index contributed by atoms with van der Waals surface area (Å²) in [6.07, 6.45) is 36.4. The van der Waals surface area contributed by atoms with Gasteiger partial charge in [0.25, 0.3) is 0 Å². The number of allylic oxidation sites excluding steroid dienone is 6. The smallest absolute Gasteiger partial charge is 0.472 e. The third kappa shape index (κ3) is 34.8. The predicted octanol–water partition coefficient (Wildman–Crippen LogP) is 10.1. The second-order valence-corrected chi connectivity index (χ2v) is 14.9. The fraction of sp³-hybridized carbons (Fsp3) is 0.775. The van der Waals surface area contributed by atoms with Crippen LogP contribution in [0.3, 0.4) is 0 Å². The molecule has 0 amide bonds. The van der Waals surface area contributed by atoms with Crippen LogP contribution in [0.2, 0.25) is 0 Å². The van der Waals surface area contributed by atoms with E-state index in [-0.39, 0.29) is 19.4 Å². The van der Waals surface area contributed by atoms with Crippen molar-refractivity contribution in [2.24, 2.45) is 5.73 Å². The summed E-state index contributed by atoms with van der Waals surface area (Å²) in [5, 5.41) is 8.86. The molecule has 0 radical (unpaired) electrons. The van der Waals surface area contributed by atoms with Crippen molar-refractivity contribution in [1.82, 2.24) is 0 Å². The fourth-order valence-corrected chi connectivity index (χ4v) is 5.97. The molecule has 0 saturated carbocycles. The van der Waals surface area contributed by atoms with Gasteiger partial charge in [-0.15, -0.1) is 0 Å². The zero-order chi connectivity index (χ0) is 38.5. The Bertz CT molecular complexity index is 1030. The SMILES string of the molecule is CCCCC/C=C/C/C=C/C/C=C/CCCCC(=O)O[C@H](COC(=O)CCCCCCCCCCCCCCC)COP(=O)(O)OC[C@H](N)C(=O)O. The number of carbonyl (C=O) groups excluding carboxylic acids is 2. The number of nitrogens with two attached hydrogens (primary N) is 1. The van der Waals surface area contributed by atoms with Crippen LogP contribution in [0.4, 0.5) is 0 Å². The van der Waals surface area contributed by atoms with Crippen molar-refractivity contribution in [1.29, 1.82) is 0 Å². The molecule has 52 heavy (non-hydrogen) atoms. The summed E-state index contributed by atoms with van der Waals surface area (Å²) in [6.45, 7) is 2.72. The first-order chi connectivity index (χ1) is 25.1. The summed E-state index contributed by atoms with van der Waals surface area (Å²) in [7, 11) is -4.72. The Morgan fingerprint density at radius 1 is 0.596 bits per heavy atom. The van der Waals surface area contributed by atoms with Crippen LogP contribution < -0.4 is 5.73 Å². The minimum absolute atomic E-state index is 0.114. The van der Waals surface area contributed by atoms with Gasteiger partial charge in [0.1, 0.15) is 12.6 Å². The third-order valence-corrected chi connectivity index (χ3v) is 9.34. The molecular formula is C40H72NO10P. The monoisotopic (exact) mass is 757 g/mol. The normalized spacial score (nSPS) is 14.2. The van der Waals surface area contributed by atoms with Crippen molar-refractivity contribution in [2.75, 3.05) is 19.8 Å². The number of carboxylic acids is 1. The maximum Gasteiger partial charge on any atom is 0.472 e. The molecule has 0 aromatic heterocycles. The van der Waals surface area contributed by atoms with Crippen LogP contribution in [0.25, 0.3) is 0 Å². The van der Waals surface area contributed by atoms with E-state index in [1.54, 1.807) is 0 Å². The molecule has 0 aromatic rings. The second-order valence-electron chi connectivity index (χ2n) is 13.4. The quantitative estimate of drug-likeness (QED) is 0.0238. The molecule has 0 heterocycles. The zero-order valence-electron chi connectivity index (χ0n) is 32.4. The molecule has 0 aromatic carbocycles. The van der Waals surface area contributed by atoms with Gasteiger partial charge in [0.2, 0.25) is 0 Å². The highest BCUT2D eigenvalue weighted by atomic mass is 31.2. The summed E-state index contributed by atoms with van der Waals surface area (Å²) in [4.78, 5) is 45.8. The number of phosphoric acid groups is 1. The Balaban J connectivity index is 4.49. The molecule has 0 aliphatic carbocycles. The minimum Gasteiger partial charge on any atom is -0.480 e. The van der Waals surface area contributed by atoms with Gasteiger partial charge in [0.15, 0.2) is 6.10 Å². The molecule has 1 unspecified atom stereocenters. The summed E-state index contributed by atoms with van der Waals surface area (Å²) in [5.41, 5.74) is 5.32. The molecule has 0 rings (SSSR count). The van der Waals surface area contributed by atoms with Gasteiger partial charge in [0.05, 0.1) is 13.2 Å². The van der Waals surface area contributed by atoms with Gasteiger partial charge in [-0.05, 0) is 51.4 Å². The molecule has 11 nitrogen and oxygen atoms in total. The summed E-state index contributed by atoms with van der Waals surface area (Å²) >= 11 is 0. The Labute approximate surface area is 314 Å². The van der Waals surface area contributed by atoms with Crippen molar-refractivity contribution >= 4 is 25.7 Å². The Morgan fingerprint density at radius 3 is 1.56 bits per heavy atom. The molecular weight excluding hydrogens is 685 g/mol. The summed E-state index contributed by atoms with van der Waals surface area (Å²) < 4.78 is 32.6. The van der Waals surface area contributed by atoms with Crippen molar-refractivity contribution in [3.8, 4) is 0 Å². The first kappa shape index (κ1) is 49.7. The molecule has 0 fully saturated rings. The van der Waals surface area contributed by atoms with E-state index >= 15 is 0 Å². The first-order valence-corrected chi connectivity index (χ1v) is 21.5. The number of hydrogen-bond donors (Lipinski definition) is 3. The van der Waals surface area contributed by atoms with Crippen LogP contribution in [-0.2, 0) is 37.5 Å². The van der Waals surface area contributed by atoms with Crippen LogP contribution in [0, 0.1) is 0 Å². The molecule has 0 aliphatic heterocycles. The van der Waals surface area contributed by atoms with E-state index in [1.807, 2.05) is 0 Å². The molecule has 4 N–H and O–H groups in total. The number of ether oxygens (including phenoxy) is 2. The highest BCUT2D eigenvalue weighted by molar-refractivity contribution is 7.47. The van der Waals surface area contributed by atoms with Gasteiger partial charge in [-0.2, -0.15) is 0 Å². The van der Waals surface area contributed by atoms with Gasteiger partial charge in [0, 0.05) is 12.8 Å². The van der Waals surface area contributed by atoms with Gasteiger partial charge in [-0.3, -0.25) is 23.4 Å². The molecule has 0 aliphatic rings. The lowest BCUT2D eigenvalue weighted by molar-refractivity contribution is -0.161. The van der Waals surface area contributed by atoms with Crippen LogP contribution in [0.5, 0.6) is 0 Å². The highest BCUT2D eigenvalue weighted by Crippen LogP contribution is 2.43. The number of phosphoric ester groups is 1. The van der Waals surface area contributed by atoms with E-state index in [0.717, 1.165) is 51.4 Å². The number of rotatable bonds is 37. The van der Waals surface area contributed by atoms with Gasteiger partial charge < -0.3 is 25.2 Å². The van der Waals surface area contributed by atoms with Crippen molar-refractivity contribution in [3.63, 3.8) is 0 Å². The number of hydrogen-bond acceptors (Lipinski definition) is 9. The number of aliphatic carboxylic acids is 1. The largest absolute Gasteiger partial charge is 0.480 e. The Morgan fingerprint density at radius 2 is 1.02 bits per heavy atom. The Kier molecular flexibility index (Phi) is 34.1. The lowest BCUT2D eigenvalue weighted by atomic mass is 10.0. The number of carboxylic acid groups (broad SMARTS) is 1. The van der Waals surface area contributed by atoms with Crippen molar-refractivity contribution < 1.29 is 47.5 Å². The lowest BCUT2D eigenvalue weighted by Crippen LogP contribution is -2.34. The molecule has 0 spiro atoms. The van der Waals surface area contributed by atoms with E-state index in [1.165, 1.54) is 77.0 Å². The average molecular weight is 758 g/mol. The molecule has 0 saturated heterocycles.